The number of nitrogens with one attached hydrogen (secondary N) is 1. The summed E-state index contributed by atoms with van der Waals surface area (Å²) >= 11 is 0. The Morgan fingerprint density at radius 3 is 2.58 bits per heavy atom. The molecular formula is C14H26N4O. The van der Waals surface area contributed by atoms with Crippen LogP contribution in [-0.2, 0) is 11.3 Å². The van der Waals surface area contributed by atoms with Crippen molar-refractivity contribution in [1.29, 1.82) is 0 Å². The maximum Gasteiger partial charge on any atom is 0.237 e. The predicted molar refractivity (Wildman–Crippen MR) is 76.8 cm³/mol. The van der Waals surface area contributed by atoms with Crippen molar-refractivity contribution in [2.45, 2.75) is 53.6 Å². The van der Waals surface area contributed by atoms with Gasteiger partial charge in [-0.05, 0) is 31.7 Å². The predicted octanol–water partition coefficient (Wildman–Crippen LogP) is 1.38. The SMILES string of the molecule is Cc1cc(C)n(CCCNC(=O)[C@H](N)C(C)(C)C)n1. The van der Waals surface area contributed by atoms with Gasteiger partial charge in [0.2, 0.25) is 5.91 Å². The minimum absolute atomic E-state index is 0.0825. The summed E-state index contributed by atoms with van der Waals surface area (Å²) in [6.07, 6.45) is 0.852. The van der Waals surface area contributed by atoms with E-state index >= 15 is 0 Å². The van der Waals surface area contributed by atoms with Gasteiger partial charge in [-0.25, -0.2) is 0 Å². The number of amides is 1. The maximum absolute atomic E-state index is 11.8. The molecule has 1 aromatic heterocycles. The van der Waals surface area contributed by atoms with Crippen LogP contribution in [0.15, 0.2) is 6.07 Å². The van der Waals surface area contributed by atoms with E-state index < -0.39 is 6.04 Å². The summed E-state index contributed by atoms with van der Waals surface area (Å²) in [7, 11) is 0. The van der Waals surface area contributed by atoms with E-state index in [2.05, 4.69) is 10.4 Å². The van der Waals surface area contributed by atoms with Crippen molar-refractivity contribution in [2.75, 3.05) is 6.54 Å². The van der Waals surface area contributed by atoms with Crippen molar-refractivity contribution >= 4 is 5.91 Å². The summed E-state index contributed by atoms with van der Waals surface area (Å²) in [4.78, 5) is 11.8. The highest BCUT2D eigenvalue weighted by Gasteiger charge is 2.26. The van der Waals surface area contributed by atoms with Crippen LogP contribution in [0, 0.1) is 19.3 Å². The summed E-state index contributed by atoms with van der Waals surface area (Å²) in [5.74, 6) is -0.0825. The maximum atomic E-state index is 11.8. The Hall–Kier alpha value is -1.36. The van der Waals surface area contributed by atoms with Crippen molar-refractivity contribution in [3.05, 3.63) is 17.5 Å². The van der Waals surface area contributed by atoms with Gasteiger partial charge in [0.05, 0.1) is 11.7 Å². The Labute approximate surface area is 115 Å². The lowest BCUT2D eigenvalue weighted by molar-refractivity contribution is -0.124. The number of rotatable bonds is 5. The Kier molecular flexibility index (Phi) is 5.11. The lowest BCUT2D eigenvalue weighted by Gasteiger charge is -2.25. The standard InChI is InChI=1S/C14H26N4O/c1-10-9-11(2)18(17-10)8-6-7-16-13(19)12(15)14(3,4)5/h9,12H,6-8,15H2,1-5H3,(H,16,19)/t12-/m0/s1. The van der Waals surface area contributed by atoms with Crippen LogP contribution in [0.3, 0.4) is 0 Å². The van der Waals surface area contributed by atoms with Crippen LogP contribution in [0.1, 0.15) is 38.6 Å². The average molecular weight is 266 g/mol. The molecular weight excluding hydrogens is 240 g/mol. The third-order valence-corrected chi connectivity index (χ3v) is 3.16. The highest BCUT2D eigenvalue weighted by Crippen LogP contribution is 2.17. The number of aryl methyl sites for hydroxylation is 3. The molecule has 5 nitrogen and oxygen atoms in total. The molecule has 108 valence electrons. The van der Waals surface area contributed by atoms with Crippen molar-refractivity contribution in [1.82, 2.24) is 15.1 Å². The molecule has 0 aliphatic heterocycles. The van der Waals surface area contributed by atoms with E-state index in [9.17, 15) is 4.79 Å². The van der Waals surface area contributed by atoms with Gasteiger partial charge in [0.15, 0.2) is 0 Å². The number of hydrogen-bond acceptors (Lipinski definition) is 3. The van der Waals surface area contributed by atoms with Gasteiger partial charge in [0, 0.05) is 18.8 Å². The van der Waals surface area contributed by atoms with Crippen molar-refractivity contribution < 1.29 is 4.79 Å². The van der Waals surface area contributed by atoms with Crippen LogP contribution < -0.4 is 11.1 Å². The van der Waals surface area contributed by atoms with Gasteiger partial charge in [-0.15, -0.1) is 0 Å². The summed E-state index contributed by atoms with van der Waals surface area (Å²) in [6, 6.07) is 1.58. The van der Waals surface area contributed by atoms with Gasteiger partial charge < -0.3 is 11.1 Å². The first-order valence-electron chi connectivity index (χ1n) is 6.76. The molecule has 0 unspecified atom stereocenters. The molecule has 5 heteroatoms. The molecule has 0 saturated carbocycles. The zero-order chi connectivity index (χ0) is 14.6. The molecule has 1 aromatic rings. The van der Waals surface area contributed by atoms with Gasteiger partial charge in [-0.3, -0.25) is 9.48 Å². The van der Waals surface area contributed by atoms with E-state index in [1.807, 2.05) is 45.4 Å². The van der Waals surface area contributed by atoms with Crippen molar-refractivity contribution in [3.8, 4) is 0 Å². The molecule has 19 heavy (non-hydrogen) atoms. The van der Waals surface area contributed by atoms with E-state index in [0.717, 1.165) is 24.4 Å². The average Bonchev–Trinajstić information content (AvgIpc) is 2.61. The number of nitrogens with two attached hydrogens (primary N) is 1. The van der Waals surface area contributed by atoms with Crippen molar-refractivity contribution in [3.63, 3.8) is 0 Å². The van der Waals surface area contributed by atoms with Crippen LogP contribution in [0.2, 0.25) is 0 Å². The first-order chi connectivity index (χ1) is 8.71. The monoisotopic (exact) mass is 266 g/mol. The van der Waals surface area contributed by atoms with E-state index in [-0.39, 0.29) is 11.3 Å². The molecule has 0 aromatic carbocycles. The number of nitrogens with zero attached hydrogens (tertiary/aromatic N) is 2. The molecule has 0 bridgehead atoms. The molecule has 3 N–H and O–H groups in total. The zero-order valence-electron chi connectivity index (χ0n) is 12.7. The summed E-state index contributed by atoms with van der Waals surface area (Å²) in [5.41, 5.74) is 7.85. The Morgan fingerprint density at radius 1 is 1.47 bits per heavy atom. The fourth-order valence-electron chi connectivity index (χ4n) is 1.84. The van der Waals surface area contributed by atoms with Crippen LogP contribution >= 0.6 is 0 Å². The van der Waals surface area contributed by atoms with Gasteiger partial charge >= 0.3 is 0 Å². The number of aromatic nitrogens is 2. The van der Waals surface area contributed by atoms with Gasteiger partial charge in [-0.2, -0.15) is 5.10 Å². The number of carbonyl (C=O) groups is 1. The molecule has 0 fully saturated rings. The lowest BCUT2D eigenvalue weighted by Crippen LogP contribution is -2.48. The molecule has 0 saturated heterocycles. The van der Waals surface area contributed by atoms with Gasteiger partial charge in [0.1, 0.15) is 0 Å². The summed E-state index contributed by atoms with van der Waals surface area (Å²) in [5, 5.41) is 7.26. The molecule has 0 spiro atoms. The zero-order valence-corrected chi connectivity index (χ0v) is 12.7. The van der Waals surface area contributed by atoms with Gasteiger partial charge in [0.25, 0.3) is 0 Å². The van der Waals surface area contributed by atoms with Crippen LogP contribution in [0.4, 0.5) is 0 Å². The largest absolute Gasteiger partial charge is 0.355 e. The minimum Gasteiger partial charge on any atom is -0.355 e. The van der Waals surface area contributed by atoms with E-state index in [1.165, 1.54) is 0 Å². The molecule has 0 aliphatic rings. The van der Waals surface area contributed by atoms with Gasteiger partial charge in [-0.1, -0.05) is 20.8 Å². The fourth-order valence-corrected chi connectivity index (χ4v) is 1.84. The van der Waals surface area contributed by atoms with Crippen LogP contribution in [0.5, 0.6) is 0 Å². The quantitative estimate of drug-likeness (QED) is 0.791. The first kappa shape index (κ1) is 15.7. The summed E-state index contributed by atoms with van der Waals surface area (Å²) < 4.78 is 1.96. The second-order valence-electron chi connectivity index (χ2n) is 6.14. The Balaban J connectivity index is 2.32. The fraction of sp³-hybridized carbons (Fsp3) is 0.714. The molecule has 0 aliphatic carbocycles. The second-order valence-corrected chi connectivity index (χ2v) is 6.14. The third kappa shape index (κ3) is 4.67. The molecule has 1 amide bonds. The number of hydrogen-bond donors (Lipinski definition) is 2. The Bertz CT molecular complexity index is 431. The molecule has 0 radical (unpaired) electrons. The van der Waals surface area contributed by atoms with Crippen molar-refractivity contribution in [2.24, 2.45) is 11.1 Å². The smallest absolute Gasteiger partial charge is 0.237 e. The molecule has 1 rings (SSSR count). The number of carbonyl (C=O) groups excluding carboxylic acids is 1. The first-order valence-corrected chi connectivity index (χ1v) is 6.76. The minimum atomic E-state index is -0.471. The highest BCUT2D eigenvalue weighted by atomic mass is 16.2. The third-order valence-electron chi connectivity index (χ3n) is 3.16. The normalized spacial score (nSPS) is 13.4. The lowest BCUT2D eigenvalue weighted by atomic mass is 9.87. The van der Waals surface area contributed by atoms with E-state index in [1.54, 1.807) is 0 Å². The van der Waals surface area contributed by atoms with Crippen LogP contribution in [-0.4, -0.2) is 28.3 Å². The summed E-state index contributed by atoms with van der Waals surface area (Å²) in [6.45, 7) is 11.3. The molecule has 1 atom stereocenters. The molecule has 1 heterocycles. The van der Waals surface area contributed by atoms with E-state index in [4.69, 9.17) is 5.73 Å². The van der Waals surface area contributed by atoms with Crippen LogP contribution in [0.25, 0.3) is 0 Å². The Morgan fingerprint density at radius 2 is 2.11 bits per heavy atom. The van der Waals surface area contributed by atoms with E-state index in [0.29, 0.717) is 6.54 Å². The highest BCUT2D eigenvalue weighted by molar-refractivity contribution is 5.82. The second kappa shape index (κ2) is 6.19. The topological polar surface area (TPSA) is 72.9 Å².